The second-order valence-electron chi connectivity index (χ2n) is 4.66. The standard InChI is InChI=1S/C13H17N5O2/c1-10(2)17(9-8-12(19)20)13-14-15-16-18(13)11-6-4-3-5-7-11/h3-7,10H,8-9H2,1-2H3,(H,19,20). The van der Waals surface area contributed by atoms with Crippen molar-refractivity contribution in [2.45, 2.75) is 26.3 Å². The van der Waals surface area contributed by atoms with Crippen LogP contribution in [-0.2, 0) is 4.79 Å². The first-order chi connectivity index (χ1) is 9.59. The molecule has 0 aliphatic rings. The second kappa shape index (κ2) is 6.14. The smallest absolute Gasteiger partial charge is 0.305 e. The molecule has 0 bridgehead atoms. The zero-order chi connectivity index (χ0) is 14.5. The molecule has 0 aliphatic carbocycles. The summed E-state index contributed by atoms with van der Waals surface area (Å²) in [5.41, 5.74) is 0.841. The van der Waals surface area contributed by atoms with Crippen LogP contribution in [0.1, 0.15) is 20.3 Å². The maximum Gasteiger partial charge on any atom is 0.305 e. The molecule has 7 nitrogen and oxygen atoms in total. The number of tetrazole rings is 1. The molecule has 106 valence electrons. The SMILES string of the molecule is CC(C)N(CCC(=O)O)c1nnnn1-c1ccccc1. The van der Waals surface area contributed by atoms with Gasteiger partial charge in [0.2, 0.25) is 0 Å². The Morgan fingerprint density at radius 1 is 1.35 bits per heavy atom. The van der Waals surface area contributed by atoms with Gasteiger partial charge in [0.15, 0.2) is 0 Å². The third-order valence-corrected chi connectivity index (χ3v) is 2.90. The van der Waals surface area contributed by atoms with Gasteiger partial charge in [-0.3, -0.25) is 4.79 Å². The van der Waals surface area contributed by atoms with Crippen molar-refractivity contribution in [3.05, 3.63) is 30.3 Å². The van der Waals surface area contributed by atoms with Crippen molar-refractivity contribution in [3.8, 4) is 5.69 Å². The van der Waals surface area contributed by atoms with E-state index in [0.29, 0.717) is 12.5 Å². The highest BCUT2D eigenvalue weighted by Crippen LogP contribution is 2.17. The summed E-state index contributed by atoms with van der Waals surface area (Å²) in [5, 5.41) is 20.6. The Bertz CT molecular complexity index is 567. The number of aromatic nitrogens is 4. The molecule has 1 aromatic heterocycles. The number of rotatable bonds is 6. The normalized spacial score (nSPS) is 10.8. The molecule has 1 heterocycles. The Labute approximate surface area is 116 Å². The van der Waals surface area contributed by atoms with Crippen LogP contribution >= 0.6 is 0 Å². The molecule has 0 saturated heterocycles. The fraction of sp³-hybridized carbons (Fsp3) is 0.385. The molecular weight excluding hydrogens is 258 g/mol. The summed E-state index contributed by atoms with van der Waals surface area (Å²) in [7, 11) is 0. The number of carbonyl (C=O) groups is 1. The van der Waals surface area contributed by atoms with Gasteiger partial charge in [-0.15, -0.1) is 0 Å². The average molecular weight is 275 g/mol. The van der Waals surface area contributed by atoms with E-state index in [1.807, 2.05) is 49.1 Å². The van der Waals surface area contributed by atoms with Crippen LogP contribution in [0.2, 0.25) is 0 Å². The van der Waals surface area contributed by atoms with Crippen LogP contribution in [0, 0.1) is 0 Å². The molecule has 0 atom stereocenters. The van der Waals surface area contributed by atoms with Crippen LogP contribution in [0.5, 0.6) is 0 Å². The van der Waals surface area contributed by atoms with Gasteiger partial charge in [0.1, 0.15) is 0 Å². The van der Waals surface area contributed by atoms with Crippen molar-refractivity contribution >= 4 is 11.9 Å². The first kappa shape index (κ1) is 14.0. The number of aliphatic carboxylic acids is 1. The molecule has 0 unspecified atom stereocenters. The monoisotopic (exact) mass is 275 g/mol. The number of nitrogens with zero attached hydrogens (tertiary/aromatic N) is 5. The van der Waals surface area contributed by atoms with Gasteiger partial charge in [-0.25, -0.2) is 0 Å². The van der Waals surface area contributed by atoms with Gasteiger partial charge < -0.3 is 10.0 Å². The van der Waals surface area contributed by atoms with Crippen molar-refractivity contribution in [1.29, 1.82) is 0 Å². The van der Waals surface area contributed by atoms with Gasteiger partial charge in [0.25, 0.3) is 5.95 Å². The highest BCUT2D eigenvalue weighted by Gasteiger charge is 2.19. The van der Waals surface area contributed by atoms with E-state index in [4.69, 9.17) is 5.11 Å². The predicted octanol–water partition coefficient (Wildman–Crippen LogP) is 1.35. The lowest BCUT2D eigenvalue weighted by atomic mass is 10.3. The summed E-state index contributed by atoms with van der Waals surface area (Å²) >= 11 is 0. The van der Waals surface area contributed by atoms with Crippen LogP contribution in [0.3, 0.4) is 0 Å². The minimum Gasteiger partial charge on any atom is -0.481 e. The Morgan fingerprint density at radius 3 is 2.65 bits per heavy atom. The molecule has 0 fully saturated rings. The lowest BCUT2D eigenvalue weighted by Crippen LogP contribution is -2.35. The number of carboxylic acid groups (broad SMARTS) is 1. The summed E-state index contributed by atoms with van der Waals surface area (Å²) in [5.74, 6) is -0.290. The number of carboxylic acids is 1. The summed E-state index contributed by atoms with van der Waals surface area (Å²) < 4.78 is 1.61. The van der Waals surface area contributed by atoms with Gasteiger partial charge >= 0.3 is 5.97 Å². The van der Waals surface area contributed by atoms with Crippen molar-refractivity contribution in [1.82, 2.24) is 20.2 Å². The van der Waals surface area contributed by atoms with E-state index in [0.717, 1.165) is 5.69 Å². The highest BCUT2D eigenvalue weighted by atomic mass is 16.4. The predicted molar refractivity (Wildman–Crippen MR) is 73.9 cm³/mol. The van der Waals surface area contributed by atoms with Crippen LogP contribution < -0.4 is 4.90 Å². The zero-order valence-electron chi connectivity index (χ0n) is 11.5. The molecule has 0 radical (unpaired) electrons. The third kappa shape index (κ3) is 3.11. The molecule has 1 N–H and O–H groups in total. The maximum atomic E-state index is 10.8. The number of para-hydroxylation sites is 1. The van der Waals surface area contributed by atoms with Crippen LogP contribution in [-0.4, -0.2) is 43.9 Å². The van der Waals surface area contributed by atoms with Gasteiger partial charge in [-0.1, -0.05) is 23.3 Å². The molecule has 20 heavy (non-hydrogen) atoms. The maximum absolute atomic E-state index is 10.8. The van der Waals surface area contributed by atoms with Gasteiger partial charge in [0, 0.05) is 12.6 Å². The third-order valence-electron chi connectivity index (χ3n) is 2.90. The fourth-order valence-electron chi connectivity index (χ4n) is 1.90. The molecule has 7 heteroatoms. The van der Waals surface area contributed by atoms with Crippen LogP contribution in [0.4, 0.5) is 5.95 Å². The van der Waals surface area contributed by atoms with E-state index < -0.39 is 5.97 Å². The second-order valence-corrected chi connectivity index (χ2v) is 4.66. The van der Waals surface area contributed by atoms with Crippen molar-refractivity contribution in [3.63, 3.8) is 0 Å². The number of benzene rings is 1. The molecule has 0 amide bonds. The Morgan fingerprint density at radius 2 is 2.05 bits per heavy atom. The van der Waals surface area contributed by atoms with E-state index in [1.165, 1.54) is 0 Å². The molecular formula is C13H17N5O2. The van der Waals surface area contributed by atoms with E-state index in [-0.39, 0.29) is 12.5 Å². The van der Waals surface area contributed by atoms with Gasteiger partial charge in [-0.2, -0.15) is 4.68 Å². The fourth-order valence-corrected chi connectivity index (χ4v) is 1.90. The number of hydrogen-bond donors (Lipinski definition) is 1. The lowest BCUT2D eigenvalue weighted by molar-refractivity contribution is -0.136. The minimum absolute atomic E-state index is 0.0415. The highest BCUT2D eigenvalue weighted by molar-refractivity contribution is 5.67. The summed E-state index contributed by atoms with van der Waals surface area (Å²) in [6, 6.07) is 9.61. The first-order valence-corrected chi connectivity index (χ1v) is 6.42. The molecule has 0 spiro atoms. The van der Waals surface area contributed by atoms with E-state index in [9.17, 15) is 4.79 Å². The van der Waals surface area contributed by atoms with Crippen molar-refractivity contribution in [2.75, 3.05) is 11.4 Å². The van der Waals surface area contributed by atoms with Crippen LogP contribution in [0.15, 0.2) is 30.3 Å². The van der Waals surface area contributed by atoms with Gasteiger partial charge in [0.05, 0.1) is 12.1 Å². The lowest BCUT2D eigenvalue weighted by Gasteiger charge is -2.26. The summed E-state index contributed by atoms with van der Waals surface area (Å²) in [6.07, 6.45) is 0.0415. The summed E-state index contributed by atoms with van der Waals surface area (Å²) in [4.78, 5) is 12.6. The summed E-state index contributed by atoms with van der Waals surface area (Å²) in [6.45, 7) is 4.32. The van der Waals surface area contributed by atoms with Crippen LogP contribution in [0.25, 0.3) is 5.69 Å². The zero-order valence-corrected chi connectivity index (χ0v) is 11.5. The van der Waals surface area contributed by atoms with E-state index in [1.54, 1.807) is 4.68 Å². The number of anilines is 1. The molecule has 0 saturated carbocycles. The minimum atomic E-state index is -0.839. The quantitative estimate of drug-likeness (QED) is 0.856. The first-order valence-electron chi connectivity index (χ1n) is 6.42. The van der Waals surface area contributed by atoms with Gasteiger partial charge in [-0.05, 0) is 36.4 Å². The Kier molecular flexibility index (Phi) is 4.29. The van der Waals surface area contributed by atoms with Crippen molar-refractivity contribution in [2.24, 2.45) is 0 Å². The molecule has 2 rings (SSSR count). The topological polar surface area (TPSA) is 84.1 Å². The molecule has 1 aromatic carbocycles. The molecule has 0 aliphatic heterocycles. The van der Waals surface area contributed by atoms with E-state index >= 15 is 0 Å². The largest absolute Gasteiger partial charge is 0.481 e. The Balaban J connectivity index is 2.31. The number of hydrogen-bond acceptors (Lipinski definition) is 5. The van der Waals surface area contributed by atoms with E-state index in [2.05, 4.69) is 15.5 Å². The molecule has 2 aromatic rings. The van der Waals surface area contributed by atoms with Crippen molar-refractivity contribution < 1.29 is 9.90 Å². The Hall–Kier alpha value is -2.44. The average Bonchev–Trinajstić information content (AvgIpc) is 2.88.